The van der Waals surface area contributed by atoms with Crippen molar-refractivity contribution in [2.75, 3.05) is 5.32 Å². The number of benzene rings is 2. The second-order valence-electron chi connectivity index (χ2n) is 5.16. The Morgan fingerprint density at radius 3 is 2.48 bits per heavy atom. The monoisotopic (exact) mass is 403 g/mol. The third kappa shape index (κ3) is 5.59. The molecule has 25 heavy (non-hydrogen) atoms. The average Bonchev–Trinajstić information content (AvgIpc) is 2.52. The predicted octanol–water partition coefficient (Wildman–Crippen LogP) is 4.90. The van der Waals surface area contributed by atoms with E-state index in [0.29, 0.717) is 15.6 Å². The smallest absolute Gasteiger partial charge is 0.311 e. The number of esters is 1. The van der Waals surface area contributed by atoms with E-state index in [1.807, 2.05) is 0 Å². The molecule has 0 bridgehead atoms. The van der Waals surface area contributed by atoms with E-state index in [0.717, 1.165) is 12.1 Å². The van der Waals surface area contributed by atoms with Crippen LogP contribution in [-0.2, 0) is 20.7 Å². The number of nitrogens with one attached hydrogen (secondary N) is 1. The molecule has 1 amide bonds. The fraction of sp³-hybridized carbons (Fsp3) is 0.176. The van der Waals surface area contributed by atoms with Gasteiger partial charge in [0.1, 0.15) is 5.82 Å². The molecule has 132 valence electrons. The van der Waals surface area contributed by atoms with Crippen molar-refractivity contribution in [3.8, 4) is 0 Å². The highest BCUT2D eigenvalue weighted by molar-refractivity contribution is 6.35. The first-order valence-electron chi connectivity index (χ1n) is 7.15. The first-order chi connectivity index (χ1) is 11.8. The summed E-state index contributed by atoms with van der Waals surface area (Å²) in [5, 5.41) is 3.29. The molecular weight excluding hydrogens is 392 g/mol. The van der Waals surface area contributed by atoms with Crippen LogP contribution in [0, 0.1) is 5.82 Å². The maximum absolute atomic E-state index is 13.0. The van der Waals surface area contributed by atoms with Crippen LogP contribution >= 0.6 is 34.8 Å². The molecule has 8 heteroatoms. The molecule has 0 saturated carbocycles. The Balaban J connectivity index is 1.94. The van der Waals surface area contributed by atoms with Gasteiger partial charge in [-0.2, -0.15) is 0 Å². The van der Waals surface area contributed by atoms with Gasteiger partial charge in [-0.25, -0.2) is 4.39 Å². The lowest BCUT2D eigenvalue weighted by molar-refractivity contribution is -0.152. The predicted molar refractivity (Wildman–Crippen MR) is 95.8 cm³/mol. The minimum atomic E-state index is -1.07. The Bertz CT molecular complexity index is 814. The molecule has 4 nitrogen and oxygen atoms in total. The Labute approximate surface area is 158 Å². The number of hydrogen-bond acceptors (Lipinski definition) is 3. The van der Waals surface area contributed by atoms with Crippen LogP contribution in [0.15, 0.2) is 36.4 Å². The van der Waals surface area contributed by atoms with E-state index in [9.17, 15) is 14.0 Å². The molecule has 1 N–H and O–H groups in total. The summed E-state index contributed by atoms with van der Waals surface area (Å²) in [7, 11) is 0. The quantitative estimate of drug-likeness (QED) is 0.721. The van der Waals surface area contributed by atoms with Crippen molar-refractivity contribution in [1.82, 2.24) is 0 Å². The van der Waals surface area contributed by atoms with E-state index in [1.165, 1.54) is 19.1 Å². The average molecular weight is 405 g/mol. The van der Waals surface area contributed by atoms with E-state index in [-0.39, 0.29) is 17.1 Å². The van der Waals surface area contributed by atoms with Crippen LogP contribution < -0.4 is 5.32 Å². The molecule has 0 unspecified atom stereocenters. The number of carbonyl (C=O) groups is 2. The number of halogens is 4. The topological polar surface area (TPSA) is 55.4 Å². The van der Waals surface area contributed by atoms with Crippen molar-refractivity contribution in [3.05, 3.63) is 62.8 Å². The molecule has 0 aliphatic heterocycles. The lowest BCUT2D eigenvalue weighted by Gasteiger charge is -2.14. The van der Waals surface area contributed by atoms with Crippen molar-refractivity contribution >= 4 is 52.4 Å². The Morgan fingerprint density at radius 1 is 1.12 bits per heavy atom. The van der Waals surface area contributed by atoms with Gasteiger partial charge in [-0.1, -0.05) is 40.9 Å². The maximum atomic E-state index is 13.0. The number of hydrogen-bond donors (Lipinski definition) is 1. The van der Waals surface area contributed by atoms with Gasteiger partial charge in [-0.15, -0.1) is 0 Å². The Morgan fingerprint density at radius 2 is 1.84 bits per heavy atom. The highest BCUT2D eigenvalue weighted by Crippen LogP contribution is 2.23. The molecule has 0 aliphatic carbocycles. The van der Waals surface area contributed by atoms with E-state index in [1.54, 1.807) is 12.1 Å². The van der Waals surface area contributed by atoms with Crippen LogP contribution in [0.4, 0.5) is 10.1 Å². The molecule has 2 aromatic carbocycles. The zero-order valence-corrected chi connectivity index (χ0v) is 15.3. The summed E-state index contributed by atoms with van der Waals surface area (Å²) in [5.74, 6) is -1.75. The molecule has 0 aliphatic rings. The molecule has 2 aromatic rings. The molecule has 1 atom stereocenters. The maximum Gasteiger partial charge on any atom is 0.311 e. The molecule has 0 spiro atoms. The van der Waals surface area contributed by atoms with E-state index >= 15 is 0 Å². The standard InChI is InChI=1S/C17H13Cl3FNO3/c1-9(17(24)22-15-5-4-12(21)8-14(15)20)25-16(23)6-10-2-3-11(18)7-13(10)19/h2-5,7-9H,6H2,1H3,(H,22,24)/t9-/m0/s1. The summed E-state index contributed by atoms with van der Waals surface area (Å²) in [6.07, 6.45) is -1.18. The zero-order valence-electron chi connectivity index (χ0n) is 13.0. The lowest BCUT2D eigenvalue weighted by atomic mass is 10.1. The van der Waals surface area contributed by atoms with Crippen molar-refractivity contribution in [1.29, 1.82) is 0 Å². The second-order valence-corrected chi connectivity index (χ2v) is 6.41. The van der Waals surface area contributed by atoms with Crippen LogP contribution in [0.5, 0.6) is 0 Å². The van der Waals surface area contributed by atoms with Gasteiger partial charge < -0.3 is 10.1 Å². The fourth-order valence-corrected chi connectivity index (χ4v) is 2.63. The number of carbonyl (C=O) groups excluding carboxylic acids is 2. The van der Waals surface area contributed by atoms with Gasteiger partial charge in [0.05, 0.1) is 17.1 Å². The molecule has 2 rings (SSSR count). The van der Waals surface area contributed by atoms with Crippen molar-refractivity contribution in [2.45, 2.75) is 19.4 Å². The lowest BCUT2D eigenvalue weighted by Crippen LogP contribution is -2.30. The van der Waals surface area contributed by atoms with Crippen molar-refractivity contribution in [2.24, 2.45) is 0 Å². The van der Waals surface area contributed by atoms with Gasteiger partial charge in [0.2, 0.25) is 0 Å². The second kappa shape index (κ2) is 8.52. The summed E-state index contributed by atoms with van der Waals surface area (Å²) in [6, 6.07) is 8.25. The van der Waals surface area contributed by atoms with Crippen molar-refractivity contribution in [3.63, 3.8) is 0 Å². The molecule has 0 saturated heterocycles. The van der Waals surface area contributed by atoms with Gasteiger partial charge >= 0.3 is 5.97 Å². The van der Waals surface area contributed by atoms with Crippen LogP contribution in [-0.4, -0.2) is 18.0 Å². The van der Waals surface area contributed by atoms with Crippen molar-refractivity contribution < 1.29 is 18.7 Å². The Hall–Kier alpha value is -1.82. The molecule has 0 radical (unpaired) electrons. The third-order valence-corrected chi connectivity index (χ3v) is 4.12. The fourth-order valence-electron chi connectivity index (χ4n) is 1.94. The van der Waals surface area contributed by atoms with Gasteiger partial charge in [0, 0.05) is 10.0 Å². The highest BCUT2D eigenvalue weighted by Gasteiger charge is 2.19. The molecule has 0 fully saturated rings. The molecule has 0 aromatic heterocycles. The minimum absolute atomic E-state index is 0.0415. The van der Waals surface area contributed by atoms with Crippen LogP contribution in [0.1, 0.15) is 12.5 Å². The van der Waals surface area contributed by atoms with Gasteiger partial charge in [-0.05, 0) is 42.8 Å². The van der Waals surface area contributed by atoms with E-state index < -0.39 is 23.8 Å². The first-order valence-corrected chi connectivity index (χ1v) is 8.29. The summed E-state index contributed by atoms with van der Waals surface area (Å²) in [6.45, 7) is 1.41. The highest BCUT2D eigenvalue weighted by atomic mass is 35.5. The van der Waals surface area contributed by atoms with Crippen LogP contribution in [0.2, 0.25) is 15.1 Å². The first kappa shape index (κ1) is 19.5. The van der Waals surface area contributed by atoms with E-state index in [2.05, 4.69) is 5.32 Å². The minimum Gasteiger partial charge on any atom is -0.452 e. The van der Waals surface area contributed by atoms with Gasteiger partial charge in [0.15, 0.2) is 6.10 Å². The number of rotatable bonds is 5. The Kier molecular flexibility index (Phi) is 6.64. The summed E-state index contributed by atoms with van der Waals surface area (Å²) in [5.41, 5.74) is 0.752. The van der Waals surface area contributed by atoms with Crippen LogP contribution in [0.25, 0.3) is 0 Å². The normalized spacial score (nSPS) is 11.7. The number of ether oxygens (including phenoxy) is 1. The zero-order chi connectivity index (χ0) is 18.6. The number of anilines is 1. The van der Waals surface area contributed by atoms with Crippen LogP contribution in [0.3, 0.4) is 0 Å². The SMILES string of the molecule is C[C@H](OC(=O)Cc1ccc(Cl)cc1Cl)C(=O)Nc1ccc(F)cc1Cl. The summed E-state index contributed by atoms with van der Waals surface area (Å²) in [4.78, 5) is 24.0. The molecular formula is C17H13Cl3FNO3. The van der Waals surface area contributed by atoms with Gasteiger partial charge in [-0.3, -0.25) is 9.59 Å². The summed E-state index contributed by atoms with van der Waals surface area (Å²) < 4.78 is 18.1. The van der Waals surface area contributed by atoms with E-state index in [4.69, 9.17) is 39.5 Å². The molecule has 0 heterocycles. The van der Waals surface area contributed by atoms with Gasteiger partial charge in [0.25, 0.3) is 5.91 Å². The summed E-state index contributed by atoms with van der Waals surface area (Å²) >= 11 is 17.6. The largest absolute Gasteiger partial charge is 0.452 e. The number of amides is 1. The third-order valence-electron chi connectivity index (χ3n) is 3.22.